The van der Waals surface area contributed by atoms with Crippen LogP contribution in [0.15, 0.2) is 29.2 Å². The lowest BCUT2D eigenvalue weighted by molar-refractivity contribution is -0.137. The number of carbonyl (C=O) groups excluding carboxylic acids is 1. The van der Waals surface area contributed by atoms with Crippen LogP contribution in [-0.2, 0) is 21.0 Å². The molecule has 3 rings (SSSR count). The van der Waals surface area contributed by atoms with Gasteiger partial charge in [-0.1, -0.05) is 13.0 Å². The van der Waals surface area contributed by atoms with Gasteiger partial charge in [-0.2, -0.15) is 17.5 Å². The van der Waals surface area contributed by atoms with Crippen molar-refractivity contribution in [1.29, 1.82) is 0 Å². The molecule has 29 heavy (non-hydrogen) atoms. The van der Waals surface area contributed by atoms with Crippen LogP contribution >= 0.6 is 0 Å². The minimum absolute atomic E-state index is 0.0410. The number of benzene rings is 1. The molecular weight excluding hydrogens is 405 g/mol. The van der Waals surface area contributed by atoms with Crippen molar-refractivity contribution in [2.45, 2.75) is 62.6 Å². The monoisotopic (exact) mass is 432 g/mol. The number of nitrogens with zero attached hydrogens (tertiary/aromatic N) is 1. The van der Waals surface area contributed by atoms with Crippen molar-refractivity contribution < 1.29 is 26.4 Å². The first-order valence-corrected chi connectivity index (χ1v) is 11.5. The van der Waals surface area contributed by atoms with Crippen LogP contribution in [0.4, 0.5) is 13.2 Å². The first kappa shape index (κ1) is 22.1. The van der Waals surface area contributed by atoms with Crippen LogP contribution in [0.25, 0.3) is 0 Å². The van der Waals surface area contributed by atoms with Crippen molar-refractivity contribution in [2.24, 2.45) is 11.8 Å². The summed E-state index contributed by atoms with van der Waals surface area (Å²) in [6.07, 6.45) is 0.260. The summed E-state index contributed by atoms with van der Waals surface area (Å²) in [5, 5.41) is 3.09. The third-order valence-electron chi connectivity index (χ3n) is 5.99. The van der Waals surface area contributed by atoms with Gasteiger partial charge in [-0.05, 0) is 62.6 Å². The maximum absolute atomic E-state index is 12.9. The fourth-order valence-electron chi connectivity index (χ4n) is 4.06. The normalized spacial score (nSPS) is 25.0. The van der Waals surface area contributed by atoms with E-state index in [9.17, 15) is 26.4 Å². The molecule has 1 N–H and O–H groups in total. The molecule has 1 aromatic rings. The number of amides is 1. The van der Waals surface area contributed by atoms with E-state index < -0.39 is 21.8 Å². The second-order valence-corrected chi connectivity index (χ2v) is 10.1. The molecule has 1 amide bonds. The topological polar surface area (TPSA) is 66.5 Å². The van der Waals surface area contributed by atoms with Gasteiger partial charge in [-0.3, -0.25) is 4.79 Å². The van der Waals surface area contributed by atoms with Crippen LogP contribution in [0.2, 0.25) is 0 Å². The lowest BCUT2D eigenvalue weighted by Crippen LogP contribution is -2.46. The highest BCUT2D eigenvalue weighted by Crippen LogP contribution is 2.32. The van der Waals surface area contributed by atoms with Gasteiger partial charge >= 0.3 is 6.18 Å². The summed E-state index contributed by atoms with van der Waals surface area (Å²) in [5.41, 5.74) is -0.991. The summed E-state index contributed by atoms with van der Waals surface area (Å²) in [7, 11) is -4.03. The zero-order valence-electron chi connectivity index (χ0n) is 16.4. The third-order valence-corrected chi connectivity index (χ3v) is 7.88. The first-order valence-electron chi connectivity index (χ1n) is 10.0. The lowest BCUT2D eigenvalue weighted by atomic mass is 9.87. The molecular formula is C20H27F3N2O3S. The highest BCUT2D eigenvalue weighted by Gasteiger charge is 2.35. The van der Waals surface area contributed by atoms with Crippen LogP contribution in [0.5, 0.6) is 0 Å². The van der Waals surface area contributed by atoms with Gasteiger partial charge < -0.3 is 5.32 Å². The second kappa shape index (κ2) is 8.63. The van der Waals surface area contributed by atoms with E-state index in [0.29, 0.717) is 24.8 Å². The van der Waals surface area contributed by atoms with Gasteiger partial charge in [0.1, 0.15) is 0 Å². The Balaban J connectivity index is 1.59. The number of rotatable bonds is 4. The molecule has 0 aromatic heterocycles. The molecule has 2 fully saturated rings. The van der Waals surface area contributed by atoms with Crippen molar-refractivity contribution in [3.8, 4) is 0 Å². The molecule has 0 radical (unpaired) electrons. The maximum Gasteiger partial charge on any atom is 0.416 e. The predicted octanol–water partition coefficient (Wildman–Crippen LogP) is 3.80. The van der Waals surface area contributed by atoms with E-state index in [1.165, 1.54) is 10.4 Å². The molecule has 1 aliphatic carbocycles. The molecule has 9 heteroatoms. The van der Waals surface area contributed by atoms with Crippen molar-refractivity contribution in [3.05, 3.63) is 29.8 Å². The average Bonchev–Trinajstić information content (AvgIpc) is 2.69. The molecule has 5 nitrogen and oxygen atoms in total. The van der Waals surface area contributed by atoms with E-state index in [4.69, 9.17) is 0 Å². The Morgan fingerprint density at radius 3 is 2.28 bits per heavy atom. The number of piperidine rings is 1. The van der Waals surface area contributed by atoms with E-state index in [1.54, 1.807) is 0 Å². The molecule has 0 bridgehead atoms. The first-order chi connectivity index (χ1) is 13.6. The Kier molecular flexibility index (Phi) is 6.57. The molecule has 1 aromatic carbocycles. The molecule has 0 unspecified atom stereocenters. The zero-order chi connectivity index (χ0) is 21.2. The summed E-state index contributed by atoms with van der Waals surface area (Å²) in [4.78, 5) is 12.2. The zero-order valence-corrected chi connectivity index (χ0v) is 17.2. The largest absolute Gasteiger partial charge is 0.416 e. The standard InChI is InChI=1S/C20H27F3N2O3S/c1-14-5-7-17(8-6-14)24-19(26)15-9-11-25(12-10-15)29(27,28)18-4-2-3-16(13-18)20(21,22)23/h2-4,13-15,17H,5-12H2,1H3,(H,24,26). The van der Waals surface area contributed by atoms with Gasteiger partial charge in [0.25, 0.3) is 0 Å². The molecule has 2 aliphatic rings. The van der Waals surface area contributed by atoms with Crippen LogP contribution in [-0.4, -0.2) is 37.8 Å². The van der Waals surface area contributed by atoms with Crippen LogP contribution < -0.4 is 5.32 Å². The number of carbonyl (C=O) groups is 1. The second-order valence-electron chi connectivity index (χ2n) is 8.17. The van der Waals surface area contributed by atoms with Gasteiger partial charge in [-0.15, -0.1) is 0 Å². The SMILES string of the molecule is CC1CCC(NC(=O)C2CCN(S(=O)(=O)c3cccc(C(F)(F)F)c3)CC2)CC1. The smallest absolute Gasteiger partial charge is 0.353 e. The van der Waals surface area contributed by atoms with E-state index in [2.05, 4.69) is 12.2 Å². The van der Waals surface area contributed by atoms with E-state index >= 15 is 0 Å². The fraction of sp³-hybridized carbons (Fsp3) is 0.650. The lowest BCUT2D eigenvalue weighted by Gasteiger charge is -2.33. The summed E-state index contributed by atoms with van der Waals surface area (Å²) < 4.78 is 65.4. The van der Waals surface area contributed by atoms with Crippen molar-refractivity contribution in [2.75, 3.05) is 13.1 Å². The molecule has 0 atom stereocenters. The average molecular weight is 433 g/mol. The number of hydrogen-bond acceptors (Lipinski definition) is 3. The number of alkyl halides is 3. The summed E-state index contributed by atoms with van der Waals surface area (Å²) in [6, 6.07) is 3.97. The van der Waals surface area contributed by atoms with Gasteiger partial charge in [-0.25, -0.2) is 8.42 Å². The Bertz CT molecular complexity index is 826. The summed E-state index contributed by atoms with van der Waals surface area (Å²) >= 11 is 0. The van der Waals surface area contributed by atoms with Crippen LogP contribution in [0.3, 0.4) is 0 Å². The van der Waals surface area contributed by atoms with Crippen LogP contribution in [0.1, 0.15) is 51.0 Å². The summed E-state index contributed by atoms with van der Waals surface area (Å²) in [5.74, 6) is 0.385. The van der Waals surface area contributed by atoms with Gasteiger partial charge in [0.15, 0.2) is 0 Å². The minimum Gasteiger partial charge on any atom is -0.353 e. The third kappa shape index (κ3) is 5.31. The molecule has 1 saturated carbocycles. The van der Waals surface area contributed by atoms with E-state index in [1.807, 2.05) is 0 Å². The Morgan fingerprint density at radius 2 is 1.69 bits per heavy atom. The Labute approximate surface area is 169 Å². The van der Waals surface area contributed by atoms with Gasteiger partial charge in [0.2, 0.25) is 15.9 Å². The number of nitrogens with one attached hydrogen (secondary N) is 1. The predicted molar refractivity (Wildman–Crippen MR) is 102 cm³/mol. The van der Waals surface area contributed by atoms with E-state index in [-0.39, 0.29) is 35.9 Å². The molecule has 1 aliphatic heterocycles. The fourth-order valence-corrected chi connectivity index (χ4v) is 5.58. The van der Waals surface area contributed by atoms with Crippen molar-refractivity contribution in [3.63, 3.8) is 0 Å². The molecule has 1 heterocycles. The highest BCUT2D eigenvalue weighted by atomic mass is 32.2. The number of hydrogen-bond donors (Lipinski definition) is 1. The van der Waals surface area contributed by atoms with Crippen molar-refractivity contribution >= 4 is 15.9 Å². The minimum atomic E-state index is -4.60. The maximum atomic E-state index is 12.9. The van der Waals surface area contributed by atoms with Crippen LogP contribution in [0, 0.1) is 11.8 Å². The highest BCUT2D eigenvalue weighted by molar-refractivity contribution is 7.89. The van der Waals surface area contributed by atoms with Crippen molar-refractivity contribution in [1.82, 2.24) is 9.62 Å². The Hall–Kier alpha value is -1.61. The number of halogens is 3. The molecule has 0 spiro atoms. The summed E-state index contributed by atoms with van der Waals surface area (Å²) in [6.45, 7) is 2.45. The van der Waals surface area contributed by atoms with Gasteiger partial charge in [0, 0.05) is 25.0 Å². The van der Waals surface area contributed by atoms with Gasteiger partial charge in [0.05, 0.1) is 10.5 Å². The number of sulfonamides is 1. The Morgan fingerprint density at radius 1 is 1.07 bits per heavy atom. The van der Waals surface area contributed by atoms with E-state index in [0.717, 1.165) is 37.8 Å². The molecule has 1 saturated heterocycles. The molecule has 162 valence electrons. The quantitative estimate of drug-likeness (QED) is 0.787.